The first-order valence-corrected chi connectivity index (χ1v) is 9.95. The third-order valence-corrected chi connectivity index (χ3v) is 6.49. The first-order chi connectivity index (χ1) is 12.8. The molecule has 27 heavy (non-hydrogen) atoms. The van der Waals surface area contributed by atoms with Gasteiger partial charge in [-0.2, -0.15) is 0 Å². The minimum atomic E-state index is -0.849. The molecule has 1 aromatic rings. The summed E-state index contributed by atoms with van der Waals surface area (Å²) in [6.07, 6.45) is 0.116. The van der Waals surface area contributed by atoms with Crippen molar-refractivity contribution in [1.29, 1.82) is 0 Å². The molecule has 2 aliphatic rings. The van der Waals surface area contributed by atoms with E-state index < -0.39 is 11.6 Å². The minimum Gasteiger partial charge on any atom is -0.387 e. The Kier molecular flexibility index (Phi) is 5.91. The molecule has 3 rings (SSSR count). The van der Waals surface area contributed by atoms with Gasteiger partial charge in [0, 0.05) is 51.2 Å². The van der Waals surface area contributed by atoms with Crippen molar-refractivity contribution in [3.05, 3.63) is 35.9 Å². The van der Waals surface area contributed by atoms with Gasteiger partial charge in [-0.25, -0.2) is 0 Å². The zero-order chi connectivity index (χ0) is 19.7. The number of hydrogen-bond acceptors (Lipinski definition) is 5. The molecule has 3 unspecified atom stereocenters. The molecular formula is C21H33N3O3. The first-order valence-electron chi connectivity index (χ1n) is 9.95. The fourth-order valence-electron chi connectivity index (χ4n) is 4.24. The van der Waals surface area contributed by atoms with E-state index in [0.717, 1.165) is 18.7 Å². The number of nitrogens with two attached hydrogens (primary N) is 1. The van der Waals surface area contributed by atoms with Crippen LogP contribution in [0.3, 0.4) is 0 Å². The lowest BCUT2D eigenvalue weighted by Crippen LogP contribution is -2.76. The number of carbonyl (C=O) groups excluding carboxylic acids is 1. The summed E-state index contributed by atoms with van der Waals surface area (Å²) in [6.45, 7) is 10.0. The quantitative estimate of drug-likeness (QED) is 0.786. The van der Waals surface area contributed by atoms with Crippen molar-refractivity contribution in [2.24, 2.45) is 11.1 Å². The summed E-state index contributed by atoms with van der Waals surface area (Å²) < 4.78 is 5.74. The van der Waals surface area contributed by atoms with Crippen LogP contribution in [-0.2, 0) is 9.53 Å². The molecule has 1 amide bonds. The van der Waals surface area contributed by atoms with Crippen LogP contribution in [0.15, 0.2) is 30.3 Å². The molecular weight excluding hydrogens is 342 g/mol. The van der Waals surface area contributed by atoms with E-state index in [1.54, 1.807) is 0 Å². The number of aliphatic hydroxyl groups excluding tert-OH is 1. The highest BCUT2D eigenvalue weighted by molar-refractivity contribution is 5.89. The van der Waals surface area contributed by atoms with Gasteiger partial charge in [-0.3, -0.25) is 9.69 Å². The van der Waals surface area contributed by atoms with E-state index in [0.29, 0.717) is 32.7 Å². The number of carbonyl (C=O) groups is 1. The van der Waals surface area contributed by atoms with Gasteiger partial charge in [0.05, 0.1) is 12.2 Å². The van der Waals surface area contributed by atoms with Crippen molar-refractivity contribution >= 4 is 5.91 Å². The Labute approximate surface area is 162 Å². The lowest BCUT2D eigenvalue weighted by atomic mass is 9.54. The topological polar surface area (TPSA) is 79.0 Å². The number of hydrogen-bond donors (Lipinski definition) is 2. The van der Waals surface area contributed by atoms with E-state index in [4.69, 9.17) is 10.5 Å². The Morgan fingerprint density at radius 1 is 1.26 bits per heavy atom. The number of benzene rings is 1. The maximum absolute atomic E-state index is 13.1. The smallest absolute Gasteiger partial charge is 0.243 e. The highest BCUT2D eigenvalue weighted by atomic mass is 16.5. The number of aliphatic hydroxyl groups is 1. The van der Waals surface area contributed by atoms with E-state index in [1.807, 2.05) is 56.0 Å². The molecule has 0 spiro atoms. The van der Waals surface area contributed by atoms with Crippen LogP contribution in [0.4, 0.5) is 0 Å². The number of β-amino-alcohol motifs (C(OH)–C–C–N with tert-alkyl or cyclic N) is 1. The zero-order valence-electron chi connectivity index (χ0n) is 16.7. The molecule has 1 aliphatic carbocycles. The summed E-state index contributed by atoms with van der Waals surface area (Å²) in [5, 5.41) is 10.4. The van der Waals surface area contributed by atoms with Crippen molar-refractivity contribution in [3.8, 4) is 0 Å². The lowest BCUT2D eigenvalue weighted by molar-refractivity contribution is -0.180. The van der Waals surface area contributed by atoms with Gasteiger partial charge < -0.3 is 20.5 Å². The Morgan fingerprint density at radius 2 is 1.89 bits per heavy atom. The van der Waals surface area contributed by atoms with E-state index in [9.17, 15) is 9.90 Å². The van der Waals surface area contributed by atoms with Crippen molar-refractivity contribution in [1.82, 2.24) is 9.80 Å². The second-order valence-electron chi connectivity index (χ2n) is 8.36. The Hall–Kier alpha value is -1.47. The van der Waals surface area contributed by atoms with Crippen molar-refractivity contribution in [2.75, 3.05) is 39.3 Å². The van der Waals surface area contributed by atoms with Crippen molar-refractivity contribution < 1.29 is 14.6 Å². The van der Waals surface area contributed by atoms with Gasteiger partial charge in [-0.05, 0) is 12.5 Å². The zero-order valence-corrected chi connectivity index (χ0v) is 16.7. The fraction of sp³-hybridized carbons (Fsp3) is 0.667. The van der Waals surface area contributed by atoms with E-state index in [2.05, 4.69) is 4.90 Å². The van der Waals surface area contributed by atoms with Crippen LogP contribution >= 0.6 is 0 Å². The highest BCUT2D eigenvalue weighted by Gasteiger charge is 2.63. The van der Waals surface area contributed by atoms with Crippen LogP contribution in [0.1, 0.15) is 38.9 Å². The van der Waals surface area contributed by atoms with Crippen LogP contribution < -0.4 is 5.73 Å². The van der Waals surface area contributed by atoms with Gasteiger partial charge in [0.25, 0.3) is 0 Å². The third kappa shape index (κ3) is 3.76. The Bertz CT molecular complexity index is 643. The molecule has 3 atom stereocenters. The molecule has 150 valence electrons. The van der Waals surface area contributed by atoms with Crippen LogP contribution in [0.25, 0.3) is 0 Å². The summed E-state index contributed by atoms with van der Waals surface area (Å²) in [5.41, 5.74) is 6.26. The highest BCUT2D eigenvalue weighted by Crippen LogP contribution is 2.50. The second kappa shape index (κ2) is 7.87. The van der Waals surface area contributed by atoms with E-state index >= 15 is 0 Å². The molecule has 2 fully saturated rings. The molecule has 6 heteroatoms. The third-order valence-electron chi connectivity index (χ3n) is 6.49. The largest absolute Gasteiger partial charge is 0.387 e. The summed E-state index contributed by atoms with van der Waals surface area (Å²) in [4.78, 5) is 17.2. The molecule has 6 nitrogen and oxygen atoms in total. The number of ether oxygens (including phenoxy) is 1. The average Bonchev–Trinajstić information content (AvgIpc) is 2.68. The van der Waals surface area contributed by atoms with Crippen molar-refractivity contribution in [3.63, 3.8) is 0 Å². The fourth-order valence-corrected chi connectivity index (χ4v) is 4.24. The van der Waals surface area contributed by atoms with E-state index in [1.165, 1.54) is 0 Å². The summed E-state index contributed by atoms with van der Waals surface area (Å²) >= 11 is 0. The number of rotatable bonds is 6. The van der Waals surface area contributed by atoms with Gasteiger partial charge in [-0.1, -0.05) is 44.2 Å². The lowest BCUT2D eigenvalue weighted by Gasteiger charge is -2.59. The molecule has 0 bridgehead atoms. The van der Waals surface area contributed by atoms with Gasteiger partial charge in [0.1, 0.15) is 5.54 Å². The van der Waals surface area contributed by atoms with Gasteiger partial charge in [0.2, 0.25) is 5.91 Å². The van der Waals surface area contributed by atoms with Gasteiger partial charge >= 0.3 is 0 Å². The monoisotopic (exact) mass is 375 g/mol. The summed E-state index contributed by atoms with van der Waals surface area (Å²) in [6, 6.07) is 9.70. The second-order valence-corrected chi connectivity index (χ2v) is 8.36. The minimum absolute atomic E-state index is 0.0340. The van der Waals surface area contributed by atoms with Crippen LogP contribution in [0.2, 0.25) is 0 Å². The molecule has 1 saturated carbocycles. The predicted molar refractivity (Wildman–Crippen MR) is 105 cm³/mol. The van der Waals surface area contributed by atoms with E-state index in [-0.39, 0.29) is 17.4 Å². The van der Waals surface area contributed by atoms with Crippen LogP contribution in [-0.4, -0.2) is 71.8 Å². The maximum atomic E-state index is 13.1. The van der Waals surface area contributed by atoms with Crippen LogP contribution in [0, 0.1) is 5.41 Å². The molecule has 1 saturated heterocycles. The summed E-state index contributed by atoms with van der Waals surface area (Å²) in [5.74, 6) is 0.0340. The number of amides is 1. The standard InChI is InChI=1S/C21H33N3O3/c1-4-27-18-14-21(22,20(18,2)3)19(26)24-12-10-23(11-13-24)15-17(25)16-8-6-5-7-9-16/h5-9,17-18,25H,4,10-15,22H2,1-3H3. The van der Waals surface area contributed by atoms with Crippen LogP contribution in [0.5, 0.6) is 0 Å². The molecule has 1 heterocycles. The number of nitrogens with zero attached hydrogens (tertiary/aromatic N) is 2. The average molecular weight is 376 g/mol. The Balaban J connectivity index is 1.53. The Morgan fingerprint density at radius 3 is 2.44 bits per heavy atom. The first kappa shape index (κ1) is 20.3. The SMILES string of the molecule is CCOC1CC(N)(C(=O)N2CCN(CC(O)c3ccccc3)CC2)C1(C)C. The maximum Gasteiger partial charge on any atom is 0.243 e. The molecule has 0 aromatic heterocycles. The predicted octanol–water partition coefficient (Wildman–Crippen LogP) is 1.40. The molecule has 3 N–H and O–H groups in total. The molecule has 1 aliphatic heterocycles. The normalized spacial score (nSPS) is 29.2. The van der Waals surface area contributed by atoms with Gasteiger partial charge in [-0.15, -0.1) is 0 Å². The van der Waals surface area contributed by atoms with Crippen molar-refractivity contribution in [2.45, 2.75) is 44.9 Å². The molecule has 0 radical (unpaired) electrons. The number of piperazine rings is 1. The summed E-state index contributed by atoms with van der Waals surface area (Å²) in [7, 11) is 0. The molecule has 1 aromatic carbocycles. The van der Waals surface area contributed by atoms with Gasteiger partial charge in [0.15, 0.2) is 0 Å².